The van der Waals surface area contributed by atoms with Gasteiger partial charge in [-0.05, 0) is 43.1 Å². The molecule has 3 heterocycles. The summed E-state index contributed by atoms with van der Waals surface area (Å²) in [6.07, 6.45) is 10.0. The maximum atomic E-state index is 4.33. The molecule has 2 aromatic heterocycles. The van der Waals surface area contributed by atoms with Gasteiger partial charge in [0.25, 0.3) is 0 Å². The zero-order valence-corrected chi connectivity index (χ0v) is 14.0. The lowest BCUT2D eigenvalue weighted by Gasteiger charge is -2.32. The van der Waals surface area contributed by atoms with E-state index in [0.717, 1.165) is 18.8 Å². The number of hydrogen-bond donors (Lipinski definition) is 0. The second kappa shape index (κ2) is 6.61. The quantitative estimate of drug-likeness (QED) is 0.741. The molecule has 3 aromatic rings. The highest BCUT2D eigenvalue weighted by Gasteiger charge is 2.23. The Hall–Kier alpha value is -2.40. The third kappa shape index (κ3) is 3.12. The summed E-state index contributed by atoms with van der Waals surface area (Å²) in [5.74, 6) is 0.594. The summed E-state index contributed by atoms with van der Waals surface area (Å²) in [5, 5.41) is 4.33. The monoisotopic (exact) mass is 321 g/mol. The van der Waals surface area contributed by atoms with Crippen LogP contribution in [0, 0.1) is 0 Å². The molecule has 0 N–H and O–H groups in total. The number of likely N-dealkylation sites (tertiary alicyclic amines) is 1. The van der Waals surface area contributed by atoms with Crippen LogP contribution in [0.25, 0.3) is 5.69 Å². The summed E-state index contributed by atoms with van der Waals surface area (Å²) in [4.78, 5) is 6.66. The molecule has 5 heteroatoms. The number of piperidine rings is 1. The Morgan fingerprint density at radius 2 is 2.00 bits per heavy atom. The normalized spacial score (nSPS) is 18.8. The number of benzene rings is 1. The van der Waals surface area contributed by atoms with Crippen LogP contribution >= 0.6 is 0 Å². The third-order valence-corrected chi connectivity index (χ3v) is 4.93. The van der Waals surface area contributed by atoms with Gasteiger partial charge >= 0.3 is 0 Å². The molecule has 1 saturated heterocycles. The van der Waals surface area contributed by atoms with Gasteiger partial charge in [0.2, 0.25) is 0 Å². The minimum absolute atomic E-state index is 0.594. The van der Waals surface area contributed by atoms with Gasteiger partial charge in [-0.2, -0.15) is 5.10 Å². The van der Waals surface area contributed by atoms with Crippen LogP contribution in [0.3, 0.4) is 0 Å². The number of aryl methyl sites for hydroxylation is 1. The van der Waals surface area contributed by atoms with Gasteiger partial charge in [0.15, 0.2) is 0 Å². The second-order valence-corrected chi connectivity index (χ2v) is 6.59. The second-order valence-electron chi connectivity index (χ2n) is 6.59. The molecule has 0 spiro atoms. The fourth-order valence-electron chi connectivity index (χ4n) is 3.67. The molecular weight excluding hydrogens is 298 g/mol. The first kappa shape index (κ1) is 15.1. The van der Waals surface area contributed by atoms with E-state index >= 15 is 0 Å². The summed E-state index contributed by atoms with van der Waals surface area (Å²) in [6.45, 7) is 3.30. The van der Waals surface area contributed by atoms with Crippen molar-refractivity contribution in [3.05, 3.63) is 66.5 Å². The van der Waals surface area contributed by atoms with Crippen LogP contribution in [0.4, 0.5) is 0 Å². The molecule has 5 nitrogen and oxygen atoms in total. The van der Waals surface area contributed by atoms with Crippen LogP contribution in [0.2, 0.25) is 0 Å². The molecule has 1 aromatic carbocycles. The van der Waals surface area contributed by atoms with E-state index in [1.165, 1.54) is 30.6 Å². The van der Waals surface area contributed by atoms with Crippen LogP contribution in [0.1, 0.15) is 30.0 Å². The van der Waals surface area contributed by atoms with Crippen molar-refractivity contribution in [3.63, 3.8) is 0 Å². The van der Waals surface area contributed by atoms with Gasteiger partial charge < -0.3 is 4.57 Å². The highest BCUT2D eigenvalue weighted by atomic mass is 15.3. The Bertz CT molecular complexity index is 772. The predicted octanol–water partition coefficient (Wildman–Crippen LogP) is 2.99. The van der Waals surface area contributed by atoms with Crippen molar-refractivity contribution in [2.24, 2.45) is 7.05 Å². The number of nitrogens with zero attached hydrogens (tertiary/aromatic N) is 5. The van der Waals surface area contributed by atoms with Crippen molar-refractivity contribution in [2.45, 2.75) is 25.3 Å². The molecule has 0 radical (unpaired) electrons. The SMILES string of the molecule is Cn1nccc1C1CCCN(Cc2ccc(-n3ccnc3)cc2)C1. The van der Waals surface area contributed by atoms with Crippen molar-refractivity contribution in [1.82, 2.24) is 24.2 Å². The Morgan fingerprint density at radius 3 is 2.71 bits per heavy atom. The molecule has 0 aliphatic carbocycles. The smallest absolute Gasteiger partial charge is 0.0991 e. The lowest BCUT2D eigenvalue weighted by atomic mass is 9.94. The average Bonchev–Trinajstić information content (AvgIpc) is 3.27. The van der Waals surface area contributed by atoms with E-state index in [9.17, 15) is 0 Å². The Balaban J connectivity index is 1.42. The van der Waals surface area contributed by atoms with Crippen LogP contribution in [0.5, 0.6) is 0 Å². The van der Waals surface area contributed by atoms with Gasteiger partial charge in [-0.25, -0.2) is 4.98 Å². The topological polar surface area (TPSA) is 38.9 Å². The van der Waals surface area contributed by atoms with Crippen molar-refractivity contribution >= 4 is 0 Å². The molecule has 24 heavy (non-hydrogen) atoms. The van der Waals surface area contributed by atoms with E-state index < -0.39 is 0 Å². The van der Waals surface area contributed by atoms with E-state index in [1.807, 2.05) is 35.0 Å². The first-order chi connectivity index (χ1) is 11.8. The molecule has 1 aliphatic rings. The molecule has 124 valence electrons. The third-order valence-electron chi connectivity index (χ3n) is 4.93. The van der Waals surface area contributed by atoms with Crippen molar-refractivity contribution in [1.29, 1.82) is 0 Å². The minimum Gasteiger partial charge on any atom is -0.306 e. The summed E-state index contributed by atoms with van der Waals surface area (Å²) in [6, 6.07) is 10.9. The molecule has 1 unspecified atom stereocenters. The Kier molecular flexibility index (Phi) is 4.17. The minimum atomic E-state index is 0.594. The summed E-state index contributed by atoms with van der Waals surface area (Å²) in [7, 11) is 2.04. The van der Waals surface area contributed by atoms with Crippen LogP contribution in [0.15, 0.2) is 55.2 Å². The average molecular weight is 321 g/mol. The van der Waals surface area contributed by atoms with Gasteiger partial charge in [0, 0.05) is 56.0 Å². The number of aromatic nitrogens is 4. The van der Waals surface area contributed by atoms with Crippen LogP contribution in [-0.2, 0) is 13.6 Å². The summed E-state index contributed by atoms with van der Waals surface area (Å²) in [5.41, 5.74) is 3.88. The van der Waals surface area contributed by atoms with Crippen LogP contribution in [-0.4, -0.2) is 37.3 Å². The summed E-state index contributed by atoms with van der Waals surface area (Å²) >= 11 is 0. The molecule has 1 aliphatic heterocycles. The molecule has 1 fully saturated rings. The highest BCUT2D eigenvalue weighted by Crippen LogP contribution is 2.27. The molecule has 0 amide bonds. The molecule has 0 saturated carbocycles. The fraction of sp³-hybridized carbons (Fsp3) is 0.368. The molecule has 1 atom stereocenters. The molecule has 0 bridgehead atoms. The number of rotatable bonds is 4. The maximum absolute atomic E-state index is 4.33. The highest BCUT2D eigenvalue weighted by molar-refractivity contribution is 5.34. The fourth-order valence-corrected chi connectivity index (χ4v) is 3.67. The van der Waals surface area contributed by atoms with Crippen molar-refractivity contribution in [2.75, 3.05) is 13.1 Å². The largest absolute Gasteiger partial charge is 0.306 e. The predicted molar refractivity (Wildman–Crippen MR) is 94.0 cm³/mol. The standard InChI is InChI=1S/C19H23N5/c1-22-19(8-9-21-22)17-3-2-11-23(14-17)13-16-4-6-18(7-5-16)24-12-10-20-15-24/h4-10,12,15,17H,2-3,11,13-14H2,1H3. The van der Waals surface area contributed by atoms with E-state index in [2.05, 4.69) is 45.3 Å². The van der Waals surface area contributed by atoms with Gasteiger partial charge in [-0.3, -0.25) is 9.58 Å². The number of hydrogen-bond acceptors (Lipinski definition) is 3. The van der Waals surface area contributed by atoms with Gasteiger partial charge in [-0.1, -0.05) is 12.1 Å². The van der Waals surface area contributed by atoms with Gasteiger partial charge in [0.05, 0.1) is 6.33 Å². The van der Waals surface area contributed by atoms with E-state index in [-0.39, 0.29) is 0 Å². The summed E-state index contributed by atoms with van der Waals surface area (Å²) < 4.78 is 4.05. The van der Waals surface area contributed by atoms with Crippen molar-refractivity contribution < 1.29 is 0 Å². The van der Waals surface area contributed by atoms with Crippen molar-refractivity contribution in [3.8, 4) is 5.69 Å². The maximum Gasteiger partial charge on any atom is 0.0991 e. The first-order valence-corrected chi connectivity index (χ1v) is 8.57. The van der Waals surface area contributed by atoms with E-state index in [1.54, 1.807) is 6.20 Å². The van der Waals surface area contributed by atoms with Gasteiger partial charge in [0.1, 0.15) is 0 Å². The zero-order valence-electron chi connectivity index (χ0n) is 14.0. The Morgan fingerprint density at radius 1 is 1.12 bits per heavy atom. The molecular formula is C19H23N5. The van der Waals surface area contributed by atoms with E-state index in [4.69, 9.17) is 0 Å². The lowest BCUT2D eigenvalue weighted by Crippen LogP contribution is -2.34. The van der Waals surface area contributed by atoms with E-state index in [0.29, 0.717) is 5.92 Å². The molecule has 4 rings (SSSR count). The van der Waals surface area contributed by atoms with Gasteiger partial charge in [-0.15, -0.1) is 0 Å². The first-order valence-electron chi connectivity index (χ1n) is 8.57. The number of imidazole rings is 1. The van der Waals surface area contributed by atoms with Crippen LogP contribution < -0.4 is 0 Å². The lowest BCUT2D eigenvalue weighted by molar-refractivity contribution is 0.196. The Labute approximate surface area is 142 Å². The zero-order chi connectivity index (χ0) is 16.4.